The molecule has 1 N–H and O–H groups in total. The van der Waals surface area contributed by atoms with E-state index in [0.29, 0.717) is 19.7 Å². The molecule has 0 radical (unpaired) electrons. The molecule has 0 aromatic heterocycles. The lowest BCUT2D eigenvalue weighted by Gasteiger charge is -2.34. The van der Waals surface area contributed by atoms with E-state index in [2.05, 4.69) is 21.2 Å². The van der Waals surface area contributed by atoms with Crippen LogP contribution in [0.25, 0.3) is 0 Å². The minimum absolute atomic E-state index is 0.0890. The van der Waals surface area contributed by atoms with Crippen molar-refractivity contribution in [3.05, 3.63) is 0 Å². The molecule has 0 aromatic rings. The van der Waals surface area contributed by atoms with Crippen molar-refractivity contribution >= 4 is 33.7 Å². The lowest BCUT2D eigenvalue weighted by molar-refractivity contribution is -0.151. The van der Waals surface area contributed by atoms with Gasteiger partial charge in [0.05, 0.1) is 18.4 Å². The summed E-state index contributed by atoms with van der Waals surface area (Å²) in [5, 5.41) is 2.80. The number of carbonyl (C=O) groups excluding carboxylic acids is 3. The zero-order valence-electron chi connectivity index (χ0n) is 11.0. The number of halogens is 1. The first-order chi connectivity index (χ1) is 9.10. The monoisotopic (exact) mass is 334 g/mol. The largest absolute Gasteiger partial charge is 0.466 e. The molecule has 0 unspecified atom stereocenters. The fourth-order valence-corrected chi connectivity index (χ4v) is 2.16. The molecule has 0 bridgehead atoms. The molecule has 0 aromatic carbocycles. The third-order valence-electron chi connectivity index (χ3n) is 2.89. The van der Waals surface area contributed by atoms with Crippen LogP contribution in [0.1, 0.15) is 26.2 Å². The highest BCUT2D eigenvalue weighted by Gasteiger charge is 2.34. The van der Waals surface area contributed by atoms with E-state index in [9.17, 15) is 14.4 Å². The quantitative estimate of drug-likeness (QED) is 0.434. The van der Waals surface area contributed by atoms with Crippen molar-refractivity contribution in [1.29, 1.82) is 0 Å². The van der Waals surface area contributed by atoms with Gasteiger partial charge in [-0.15, -0.1) is 0 Å². The summed E-state index contributed by atoms with van der Waals surface area (Å²) in [6, 6.07) is -0.757. The van der Waals surface area contributed by atoms with Gasteiger partial charge in [-0.2, -0.15) is 0 Å². The molecule has 1 aliphatic heterocycles. The second kappa shape index (κ2) is 8.14. The molecule has 0 aliphatic carbocycles. The minimum atomic E-state index is -0.757. The Morgan fingerprint density at radius 1 is 1.53 bits per heavy atom. The van der Waals surface area contributed by atoms with Gasteiger partial charge in [-0.05, 0) is 6.42 Å². The summed E-state index contributed by atoms with van der Waals surface area (Å²) < 4.78 is 5.03. The molecule has 6 nitrogen and oxygen atoms in total. The molecule has 1 aliphatic rings. The van der Waals surface area contributed by atoms with Crippen molar-refractivity contribution in [3.8, 4) is 0 Å². The van der Waals surface area contributed by atoms with Crippen molar-refractivity contribution in [1.82, 2.24) is 10.2 Å². The molecule has 0 saturated carbocycles. The molecule has 1 atom stereocenters. The Labute approximate surface area is 121 Å². The topological polar surface area (TPSA) is 75.7 Å². The van der Waals surface area contributed by atoms with E-state index < -0.39 is 12.0 Å². The second-order valence-corrected chi connectivity index (χ2v) is 4.87. The van der Waals surface area contributed by atoms with Gasteiger partial charge in [0.2, 0.25) is 11.8 Å². The normalized spacial score (nSPS) is 18.9. The van der Waals surface area contributed by atoms with E-state index in [1.807, 2.05) is 6.92 Å². The Morgan fingerprint density at radius 3 is 2.89 bits per heavy atom. The zero-order valence-corrected chi connectivity index (χ0v) is 12.6. The predicted octanol–water partition coefficient (Wildman–Crippen LogP) is 0.442. The number of hydrogen-bond acceptors (Lipinski definition) is 4. The van der Waals surface area contributed by atoms with Gasteiger partial charge in [0.15, 0.2) is 0 Å². The predicted molar refractivity (Wildman–Crippen MR) is 72.8 cm³/mol. The highest BCUT2D eigenvalue weighted by Crippen LogP contribution is 2.11. The van der Waals surface area contributed by atoms with Gasteiger partial charge >= 0.3 is 5.97 Å². The number of esters is 1. The van der Waals surface area contributed by atoms with Crippen LogP contribution >= 0.6 is 15.9 Å². The summed E-state index contributed by atoms with van der Waals surface area (Å²) in [6.45, 7) is 3.19. The second-order valence-electron chi connectivity index (χ2n) is 4.31. The Kier molecular flexibility index (Phi) is 6.83. The summed E-state index contributed by atoms with van der Waals surface area (Å²) in [7, 11) is 0. The molecule has 2 amide bonds. The molecule has 1 saturated heterocycles. The minimum Gasteiger partial charge on any atom is -0.466 e. The van der Waals surface area contributed by atoms with Gasteiger partial charge in [0.1, 0.15) is 6.04 Å². The Balaban J connectivity index is 2.57. The van der Waals surface area contributed by atoms with Crippen molar-refractivity contribution in [2.45, 2.75) is 32.2 Å². The van der Waals surface area contributed by atoms with Gasteiger partial charge < -0.3 is 15.0 Å². The Hall–Kier alpha value is -1.11. The number of ether oxygens (including phenoxy) is 1. The molecule has 1 heterocycles. The van der Waals surface area contributed by atoms with Crippen LogP contribution < -0.4 is 5.32 Å². The van der Waals surface area contributed by atoms with Crippen molar-refractivity contribution < 1.29 is 19.1 Å². The van der Waals surface area contributed by atoms with Crippen LogP contribution in [0.4, 0.5) is 0 Å². The summed E-state index contributed by atoms with van der Waals surface area (Å²) in [4.78, 5) is 36.5. The highest BCUT2D eigenvalue weighted by atomic mass is 79.9. The van der Waals surface area contributed by atoms with Crippen molar-refractivity contribution in [3.63, 3.8) is 0 Å². The number of nitrogens with one attached hydrogen (secondary N) is 1. The first-order valence-corrected chi connectivity index (χ1v) is 7.51. The SMILES string of the molecule is CCCCOC(=O)C[C@@H]1C(=O)NCCN1C(=O)CBr. The van der Waals surface area contributed by atoms with E-state index >= 15 is 0 Å². The maximum atomic E-state index is 11.8. The molecular formula is C12H19BrN2O4. The highest BCUT2D eigenvalue weighted by molar-refractivity contribution is 9.09. The first-order valence-electron chi connectivity index (χ1n) is 6.39. The number of rotatable bonds is 6. The summed E-state index contributed by atoms with van der Waals surface area (Å²) in [5.74, 6) is -0.933. The van der Waals surface area contributed by atoms with Gasteiger partial charge in [0, 0.05) is 13.1 Å². The smallest absolute Gasteiger partial charge is 0.308 e. The van der Waals surface area contributed by atoms with Gasteiger partial charge in [0.25, 0.3) is 0 Å². The van der Waals surface area contributed by atoms with Crippen molar-refractivity contribution in [2.75, 3.05) is 25.0 Å². The van der Waals surface area contributed by atoms with Gasteiger partial charge in [-0.25, -0.2) is 0 Å². The lowest BCUT2D eigenvalue weighted by Crippen LogP contribution is -2.58. The first kappa shape index (κ1) is 15.9. The number of nitrogens with zero attached hydrogens (tertiary/aromatic N) is 1. The summed E-state index contributed by atoms with van der Waals surface area (Å²) in [5.41, 5.74) is 0. The average Bonchev–Trinajstić information content (AvgIpc) is 2.40. The molecule has 1 rings (SSSR count). The maximum Gasteiger partial charge on any atom is 0.308 e. The van der Waals surface area contributed by atoms with Crippen LogP contribution in [0, 0.1) is 0 Å². The van der Waals surface area contributed by atoms with E-state index in [0.717, 1.165) is 12.8 Å². The molecule has 1 fully saturated rings. The van der Waals surface area contributed by atoms with Gasteiger partial charge in [-0.1, -0.05) is 29.3 Å². The Morgan fingerprint density at radius 2 is 2.26 bits per heavy atom. The van der Waals surface area contributed by atoms with Crippen LogP contribution in [0.2, 0.25) is 0 Å². The number of amides is 2. The van der Waals surface area contributed by atoms with E-state index in [4.69, 9.17) is 4.74 Å². The molecule has 19 heavy (non-hydrogen) atoms. The molecule has 7 heteroatoms. The molecule has 108 valence electrons. The summed E-state index contributed by atoms with van der Waals surface area (Å²) >= 11 is 3.08. The van der Waals surface area contributed by atoms with Crippen LogP contribution in [-0.4, -0.2) is 53.8 Å². The van der Waals surface area contributed by atoms with Crippen LogP contribution in [0.3, 0.4) is 0 Å². The fraction of sp³-hybridized carbons (Fsp3) is 0.750. The zero-order chi connectivity index (χ0) is 14.3. The van der Waals surface area contributed by atoms with Gasteiger partial charge in [-0.3, -0.25) is 14.4 Å². The van der Waals surface area contributed by atoms with Crippen LogP contribution in [0.15, 0.2) is 0 Å². The van der Waals surface area contributed by atoms with E-state index in [1.165, 1.54) is 4.90 Å². The Bertz CT molecular complexity index is 349. The van der Waals surface area contributed by atoms with Crippen molar-refractivity contribution in [2.24, 2.45) is 0 Å². The average molecular weight is 335 g/mol. The number of carbonyl (C=O) groups is 3. The standard InChI is InChI=1S/C12H19BrN2O4/c1-2-3-6-19-11(17)7-9-12(18)14-4-5-15(9)10(16)8-13/h9H,2-8H2,1H3,(H,14,18)/t9-/m1/s1. The van der Waals surface area contributed by atoms with E-state index in [1.54, 1.807) is 0 Å². The molecular weight excluding hydrogens is 316 g/mol. The van der Waals surface area contributed by atoms with Crippen LogP contribution in [-0.2, 0) is 19.1 Å². The third-order valence-corrected chi connectivity index (χ3v) is 3.37. The number of piperazine rings is 1. The number of hydrogen-bond donors (Lipinski definition) is 1. The fourth-order valence-electron chi connectivity index (χ4n) is 1.84. The number of unbranched alkanes of at least 4 members (excludes halogenated alkanes) is 1. The molecule has 0 spiro atoms. The third kappa shape index (κ3) is 4.81. The maximum absolute atomic E-state index is 11.8. The van der Waals surface area contributed by atoms with Crippen LogP contribution in [0.5, 0.6) is 0 Å². The summed E-state index contributed by atoms with van der Waals surface area (Å²) in [6.07, 6.45) is 1.65. The van der Waals surface area contributed by atoms with E-state index in [-0.39, 0.29) is 23.6 Å². The number of alkyl halides is 1. The lowest BCUT2D eigenvalue weighted by atomic mass is 10.1.